The van der Waals surface area contributed by atoms with Crippen molar-refractivity contribution in [3.05, 3.63) is 23.8 Å². The van der Waals surface area contributed by atoms with E-state index in [1.165, 1.54) is 0 Å². The van der Waals surface area contributed by atoms with Crippen LogP contribution in [-0.4, -0.2) is 33.2 Å². The van der Waals surface area contributed by atoms with E-state index in [1.54, 1.807) is 14.2 Å². The number of carbonyl (C=O) groups is 1. The highest BCUT2D eigenvalue weighted by Crippen LogP contribution is 2.28. The third-order valence-electron chi connectivity index (χ3n) is 3.07. The number of carbonyl (C=O) groups excluding carboxylic acids is 1. The van der Waals surface area contributed by atoms with Crippen LogP contribution in [0.5, 0.6) is 11.5 Å². The van der Waals surface area contributed by atoms with Crippen molar-refractivity contribution >= 4 is 5.91 Å². The van der Waals surface area contributed by atoms with Gasteiger partial charge in [0.1, 0.15) is 0 Å². The summed E-state index contributed by atoms with van der Waals surface area (Å²) in [6.45, 7) is 4.46. The average molecular weight is 294 g/mol. The molecular formula is C16H26N2O3. The summed E-state index contributed by atoms with van der Waals surface area (Å²) in [7, 11) is 3.27. The van der Waals surface area contributed by atoms with Gasteiger partial charge in [-0.3, -0.25) is 4.79 Å². The smallest absolute Gasteiger partial charge is 0.219 e. The molecule has 0 heterocycles. The molecule has 21 heavy (non-hydrogen) atoms. The van der Waals surface area contributed by atoms with E-state index in [1.807, 2.05) is 18.2 Å². The molecule has 118 valence electrons. The number of ether oxygens (including phenoxy) is 2. The summed E-state index contributed by atoms with van der Waals surface area (Å²) < 4.78 is 11.0. The fourth-order valence-corrected chi connectivity index (χ4v) is 1.89. The molecule has 5 heteroatoms. The summed E-state index contributed by atoms with van der Waals surface area (Å²) in [5.74, 6) is 1.47. The molecular weight excluding hydrogens is 268 g/mol. The van der Waals surface area contributed by atoms with Gasteiger partial charge in [-0.25, -0.2) is 0 Å². The van der Waals surface area contributed by atoms with Gasteiger partial charge in [-0.1, -0.05) is 13.0 Å². The predicted octanol–water partition coefficient (Wildman–Crippen LogP) is 2.10. The van der Waals surface area contributed by atoms with Crippen molar-refractivity contribution in [2.45, 2.75) is 32.7 Å². The minimum absolute atomic E-state index is 0.0305. The van der Waals surface area contributed by atoms with E-state index in [9.17, 15) is 4.79 Å². The highest BCUT2D eigenvalue weighted by Gasteiger charge is 2.06. The lowest BCUT2D eigenvalue weighted by atomic mass is 10.2. The van der Waals surface area contributed by atoms with Crippen molar-refractivity contribution in [2.75, 3.05) is 27.3 Å². The number of methoxy groups -OCH3 is 1. The first kappa shape index (κ1) is 17.3. The molecule has 0 aromatic heterocycles. The van der Waals surface area contributed by atoms with Crippen LogP contribution in [0, 0.1) is 0 Å². The molecule has 0 bridgehead atoms. The average Bonchev–Trinajstić information content (AvgIpc) is 2.52. The molecule has 0 aliphatic heterocycles. The summed E-state index contributed by atoms with van der Waals surface area (Å²) in [5.41, 5.74) is 1.16. The van der Waals surface area contributed by atoms with Gasteiger partial charge in [0.2, 0.25) is 5.91 Å². The quantitative estimate of drug-likeness (QED) is 0.649. The van der Waals surface area contributed by atoms with Gasteiger partial charge in [-0.15, -0.1) is 0 Å². The zero-order valence-corrected chi connectivity index (χ0v) is 13.2. The topological polar surface area (TPSA) is 59.6 Å². The molecule has 0 unspecified atom stereocenters. The Bertz CT molecular complexity index is 436. The highest BCUT2D eigenvalue weighted by atomic mass is 16.5. The fraction of sp³-hybridized carbons (Fsp3) is 0.562. The second-order valence-electron chi connectivity index (χ2n) is 4.79. The lowest BCUT2D eigenvalue weighted by Crippen LogP contribution is -2.18. The molecule has 0 aliphatic rings. The van der Waals surface area contributed by atoms with Crippen LogP contribution in [0.3, 0.4) is 0 Å². The molecule has 0 aliphatic carbocycles. The molecule has 0 saturated heterocycles. The van der Waals surface area contributed by atoms with Crippen molar-refractivity contribution in [3.63, 3.8) is 0 Å². The van der Waals surface area contributed by atoms with Gasteiger partial charge in [0.05, 0.1) is 13.7 Å². The Hall–Kier alpha value is -1.75. The Morgan fingerprint density at radius 1 is 1.29 bits per heavy atom. The van der Waals surface area contributed by atoms with Gasteiger partial charge in [-0.05, 0) is 37.1 Å². The Morgan fingerprint density at radius 2 is 2.10 bits per heavy atom. The SMILES string of the molecule is CCCNCc1ccc(OCCCC(=O)NC)c(OC)c1. The zero-order chi connectivity index (χ0) is 15.5. The van der Waals surface area contributed by atoms with E-state index >= 15 is 0 Å². The van der Waals surface area contributed by atoms with E-state index in [0.29, 0.717) is 25.2 Å². The zero-order valence-electron chi connectivity index (χ0n) is 13.2. The van der Waals surface area contributed by atoms with E-state index in [4.69, 9.17) is 9.47 Å². The second kappa shape index (κ2) is 10.0. The summed E-state index contributed by atoms with van der Waals surface area (Å²) in [5, 5.41) is 5.94. The Kier molecular flexibility index (Phi) is 8.28. The van der Waals surface area contributed by atoms with Gasteiger partial charge in [0, 0.05) is 20.0 Å². The minimum Gasteiger partial charge on any atom is -0.493 e. The molecule has 0 atom stereocenters. The van der Waals surface area contributed by atoms with E-state index < -0.39 is 0 Å². The van der Waals surface area contributed by atoms with Crippen LogP contribution in [0.4, 0.5) is 0 Å². The van der Waals surface area contributed by atoms with Crippen molar-refractivity contribution in [1.82, 2.24) is 10.6 Å². The first-order valence-corrected chi connectivity index (χ1v) is 7.42. The molecule has 2 N–H and O–H groups in total. The van der Waals surface area contributed by atoms with Gasteiger partial charge in [0.25, 0.3) is 0 Å². The first-order chi connectivity index (χ1) is 10.2. The maximum atomic E-state index is 11.1. The third kappa shape index (κ3) is 6.49. The van der Waals surface area contributed by atoms with Crippen LogP contribution in [0.25, 0.3) is 0 Å². The number of hydrogen-bond donors (Lipinski definition) is 2. The number of benzene rings is 1. The molecule has 1 aromatic rings. The molecule has 1 aromatic carbocycles. The molecule has 0 saturated carbocycles. The van der Waals surface area contributed by atoms with Crippen LogP contribution in [0.15, 0.2) is 18.2 Å². The number of nitrogens with one attached hydrogen (secondary N) is 2. The molecule has 1 rings (SSSR count). The summed E-state index contributed by atoms with van der Waals surface area (Å²) >= 11 is 0. The van der Waals surface area contributed by atoms with Gasteiger partial charge < -0.3 is 20.1 Å². The number of amides is 1. The van der Waals surface area contributed by atoms with Crippen LogP contribution in [0.2, 0.25) is 0 Å². The first-order valence-electron chi connectivity index (χ1n) is 7.42. The molecule has 0 spiro atoms. The Labute approximate surface area is 127 Å². The summed E-state index contributed by atoms with van der Waals surface area (Å²) in [6, 6.07) is 5.93. The van der Waals surface area contributed by atoms with Gasteiger partial charge >= 0.3 is 0 Å². The number of rotatable bonds is 10. The maximum Gasteiger partial charge on any atom is 0.219 e. The van der Waals surface area contributed by atoms with E-state index in [-0.39, 0.29) is 5.91 Å². The minimum atomic E-state index is 0.0305. The highest BCUT2D eigenvalue weighted by molar-refractivity contribution is 5.75. The predicted molar refractivity (Wildman–Crippen MR) is 83.8 cm³/mol. The lowest BCUT2D eigenvalue weighted by Gasteiger charge is -2.12. The lowest BCUT2D eigenvalue weighted by molar-refractivity contribution is -0.120. The van der Waals surface area contributed by atoms with Crippen molar-refractivity contribution in [3.8, 4) is 11.5 Å². The van der Waals surface area contributed by atoms with Crippen LogP contribution < -0.4 is 20.1 Å². The van der Waals surface area contributed by atoms with Gasteiger partial charge in [-0.2, -0.15) is 0 Å². The normalized spacial score (nSPS) is 10.2. The van der Waals surface area contributed by atoms with Crippen LogP contribution in [0.1, 0.15) is 31.7 Å². The summed E-state index contributed by atoms with van der Waals surface area (Å²) in [6.07, 6.45) is 2.27. The maximum absolute atomic E-state index is 11.1. The standard InChI is InChI=1S/C16H26N2O3/c1-4-9-18-12-13-7-8-14(15(11-13)20-3)21-10-5-6-16(19)17-2/h7-8,11,18H,4-6,9-10,12H2,1-3H3,(H,17,19). The molecule has 5 nitrogen and oxygen atoms in total. The van der Waals surface area contributed by atoms with Crippen LogP contribution >= 0.6 is 0 Å². The van der Waals surface area contributed by atoms with E-state index in [2.05, 4.69) is 17.6 Å². The second-order valence-corrected chi connectivity index (χ2v) is 4.79. The molecule has 0 radical (unpaired) electrons. The van der Waals surface area contributed by atoms with Crippen LogP contribution in [-0.2, 0) is 11.3 Å². The fourth-order valence-electron chi connectivity index (χ4n) is 1.89. The van der Waals surface area contributed by atoms with E-state index in [0.717, 1.165) is 30.8 Å². The Balaban J connectivity index is 2.48. The summed E-state index contributed by atoms with van der Waals surface area (Å²) in [4.78, 5) is 11.1. The molecule has 0 fully saturated rings. The Morgan fingerprint density at radius 3 is 2.76 bits per heavy atom. The van der Waals surface area contributed by atoms with Crippen molar-refractivity contribution in [1.29, 1.82) is 0 Å². The van der Waals surface area contributed by atoms with Crippen molar-refractivity contribution in [2.24, 2.45) is 0 Å². The number of hydrogen-bond acceptors (Lipinski definition) is 4. The third-order valence-corrected chi connectivity index (χ3v) is 3.07. The van der Waals surface area contributed by atoms with Crippen molar-refractivity contribution < 1.29 is 14.3 Å². The largest absolute Gasteiger partial charge is 0.493 e. The van der Waals surface area contributed by atoms with Gasteiger partial charge in [0.15, 0.2) is 11.5 Å². The molecule has 1 amide bonds. The monoisotopic (exact) mass is 294 g/mol.